The first kappa shape index (κ1) is 18.6. The maximum absolute atomic E-state index is 13.3. The van der Waals surface area contributed by atoms with Crippen LogP contribution in [0.25, 0.3) is 12.2 Å². The van der Waals surface area contributed by atoms with Gasteiger partial charge in [0.1, 0.15) is 0 Å². The summed E-state index contributed by atoms with van der Waals surface area (Å²) in [5, 5.41) is 4.16. The molecule has 0 spiro atoms. The summed E-state index contributed by atoms with van der Waals surface area (Å²) < 4.78 is 0. The molecule has 140 valence electrons. The number of likely N-dealkylation sites (N-methyl/N-ethyl adjacent to an activating group) is 2. The molecule has 4 rings (SSSR count). The summed E-state index contributed by atoms with van der Waals surface area (Å²) in [4.78, 5) is 20.3. The van der Waals surface area contributed by atoms with E-state index in [9.17, 15) is 4.79 Å². The van der Waals surface area contributed by atoms with Crippen LogP contribution in [0.15, 0.2) is 57.3 Å². The molecule has 0 saturated carbocycles. The summed E-state index contributed by atoms with van der Waals surface area (Å²) in [6.45, 7) is 3.36. The van der Waals surface area contributed by atoms with Crippen LogP contribution < -0.4 is 0 Å². The van der Waals surface area contributed by atoms with Gasteiger partial charge in [-0.1, -0.05) is 12.1 Å². The second-order valence-corrected chi connectivity index (χ2v) is 9.27. The lowest BCUT2D eigenvalue weighted by atomic mass is 9.86. The first-order valence-corrected chi connectivity index (χ1v) is 11.0. The highest BCUT2D eigenvalue weighted by atomic mass is 32.1. The first-order chi connectivity index (χ1) is 13.1. The van der Waals surface area contributed by atoms with Crippen molar-refractivity contribution in [2.45, 2.75) is 6.42 Å². The number of carbonyl (C=O) groups excluding carboxylic acids is 1. The SMILES string of the molecule is CN1CCC(=C2/CN(C)C/C(=C/c3cccs3)C2=O)/C(=C/c2cccs2)C1. The van der Waals surface area contributed by atoms with Gasteiger partial charge in [-0.25, -0.2) is 0 Å². The van der Waals surface area contributed by atoms with Crippen molar-refractivity contribution >= 4 is 40.6 Å². The second-order valence-electron chi connectivity index (χ2n) is 7.32. The molecule has 0 N–H and O–H groups in total. The zero-order valence-electron chi connectivity index (χ0n) is 15.8. The van der Waals surface area contributed by atoms with Gasteiger partial charge < -0.3 is 4.90 Å². The number of piperidine rings is 2. The number of hydrogen-bond donors (Lipinski definition) is 0. The van der Waals surface area contributed by atoms with Crippen LogP contribution in [0.5, 0.6) is 0 Å². The van der Waals surface area contributed by atoms with E-state index >= 15 is 0 Å². The molecule has 27 heavy (non-hydrogen) atoms. The first-order valence-electron chi connectivity index (χ1n) is 9.22. The molecule has 2 saturated heterocycles. The van der Waals surface area contributed by atoms with Crippen molar-refractivity contribution in [3.63, 3.8) is 0 Å². The van der Waals surface area contributed by atoms with E-state index in [0.717, 1.165) is 48.6 Å². The molecule has 0 amide bonds. The number of likely N-dealkylation sites (tertiary alicyclic amines) is 2. The van der Waals surface area contributed by atoms with Crippen LogP contribution in [0, 0.1) is 0 Å². The monoisotopic (exact) mass is 396 g/mol. The third-order valence-electron chi connectivity index (χ3n) is 5.09. The molecule has 2 aliphatic heterocycles. The van der Waals surface area contributed by atoms with E-state index in [1.807, 2.05) is 6.07 Å². The van der Waals surface area contributed by atoms with Gasteiger partial charge in [0.05, 0.1) is 0 Å². The van der Waals surface area contributed by atoms with Crippen molar-refractivity contribution in [3.8, 4) is 0 Å². The Balaban J connectivity index is 1.75. The molecular weight excluding hydrogens is 372 g/mol. The van der Waals surface area contributed by atoms with Crippen molar-refractivity contribution < 1.29 is 4.79 Å². The van der Waals surface area contributed by atoms with Gasteiger partial charge in [0, 0.05) is 47.1 Å². The molecule has 2 aliphatic rings. The number of hydrogen-bond acceptors (Lipinski definition) is 5. The molecule has 0 unspecified atom stereocenters. The zero-order chi connectivity index (χ0) is 18.8. The number of ketones is 1. The van der Waals surface area contributed by atoms with Gasteiger partial charge in [-0.05, 0) is 66.7 Å². The predicted molar refractivity (Wildman–Crippen MR) is 116 cm³/mol. The molecule has 2 aromatic heterocycles. The van der Waals surface area contributed by atoms with Crippen molar-refractivity contribution in [1.29, 1.82) is 0 Å². The zero-order valence-corrected chi connectivity index (χ0v) is 17.4. The van der Waals surface area contributed by atoms with Crippen LogP contribution in [-0.2, 0) is 4.79 Å². The quantitative estimate of drug-likeness (QED) is 0.702. The third kappa shape index (κ3) is 4.22. The van der Waals surface area contributed by atoms with Gasteiger partial charge in [0.15, 0.2) is 5.78 Å². The predicted octanol–water partition coefficient (Wildman–Crippen LogP) is 4.42. The summed E-state index contributed by atoms with van der Waals surface area (Å²) in [5.74, 6) is 0.234. The normalized spacial score (nSPS) is 25.6. The maximum atomic E-state index is 13.3. The fourth-order valence-corrected chi connectivity index (χ4v) is 5.16. The van der Waals surface area contributed by atoms with Crippen molar-refractivity contribution in [1.82, 2.24) is 9.80 Å². The molecule has 0 aromatic carbocycles. The molecule has 5 heteroatoms. The summed E-state index contributed by atoms with van der Waals surface area (Å²) in [5.41, 5.74) is 4.45. The molecule has 0 atom stereocenters. The Bertz CT molecular complexity index is 904. The van der Waals surface area contributed by atoms with E-state index < -0.39 is 0 Å². The van der Waals surface area contributed by atoms with E-state index in [1.54, 1.807) is 22.7 Å². The highest BCUT2D eigenvalue weighted by molar-refractivity contribution is 7.11. The van der Waals surface area contributed by atoms with Crippen LogP contribution in [-0.4, -0.2) is 55.9 Å². The van der Waals surface area contributed by atoms with E-state index in [2.05, 4.69) is 65.0 Å². The molecule has 2 aromatic rings. The topological polar surface area (TPSA) is 23.6 Å². The summed E-state index contributed by atoms with van der Waals surface area (Å²) >= 11 is 3.43. The molecule has 2 fully saturated rings. The number of Topliss-reactive ketones (excluding diaryl/α,β-unsaturated/α-hetero) is 1. The molecule has 4 heterocycles. The van der Waals surface area contributed by atoms with Crippen molar-refractivity contribution in [3.05, 3.63) is 67.1 Å². The standard InChI is InChI=1S/C22H24N2OS2/c1-23-8-7-20(16(13-23)11-18-5-3-9-26-18)21-15-24(2)14-17(22(21)25)12-19-6-4-10-27-19/h3-6,9-12H,7-8,13-15H2,1-2H3/b16-11+,17-12-,21-20+. The van der Waals surface area contributed by atoms with Gasteiger partial charge in [-0.15, -0.1) is 22.7 Å². The lowest BCUT2D eigenvalue weighted by Crippen LogP contribution is -2.37. The van der Waals surface area contributed by atoms with E-state index in [-0.39, 0.29) is 5.78 Å². The third-order valence-corrected chi connectivity index (χ3v) is 6.73. The van der Waals surface area contributed by atoms with E-state index in [1.165, 1.54) is 16.0 Å². The molecular formula is C22H24N2OS2. The Morgan fingerprint density at radius 1 is 0.852 bits per heavy atom. The minimum Gasteiger partial charge on any atom is -0.302 e. The van der Waals surface area contributed by atoms with Gasteiger partial charge >= 0.3 is 0 Å². The Kier molecular flexibility index (Phi) is 5.55. The van der Waals surface area contributed by atoms with Crippen LogP contribution in [0.2, 0.25) is 0 Å². The molecule has 0 bridgehead atoms. The van der Waals surface area contributed by atoms with Crippen molar-refractivity contribution in [2.24, 2.45) is 0 Å². The number of thiophene rings is 2. The van der Waals surface area contributed by atoms with E-state index in [4.69, 9.17) is 0 Å². The van der Waals surface area contributed by atoms with Gasteiger partial charge in [0.2, 0.25) is 0 Å². The Hall–Kier alpha value is -1.79. The Morgan fingerprint density at radius 2 is 1.48 bits per heavy atom. The smallest absolute Gasteiger partial charge is 0.187 e. The average molecular weight is 397 g/mol. The van der Waals surface area contributed by atoms with E-state index in [0.29, 0.717) is 0 Å². The minimum atomic E-state index is 0.234. The largest absolute Gasteiger partial charge is 0.302 e. The molecule has 3 nitrogen and oxygen atoms in total. The lowest BCUT2D eigenvalue weighted by molar-refractivity contribution is -0.113. The highest BCUT2D eigenvalue weighted by Gasteiger charge is 2.29. The summed E-state index contributed by atoms with van der Waals surface area (Å²) in [7, 11) is 4.26. The lowest BCUT2D eigenvalue weighted by Gasteiger charge is -2.33. The minimum absolute atomic E-state index is 0.234. The second kappa shape index (κ2) is 8.07. The number of carbonyl (C=O) groups is 1. The summed E-state index contributed by atoms with van der Waals surface area (Å²) in [6, 6.07) is 8.33. The fraction of sp³-hybridized carbons (Fsp3) is 0.318. The number of rotatable bonds is 2. The average Bonchev–Trinajstić information content (AvgIpc) is 3.32. The van der Waals surface area contributed by atoms with Crippen LogP contribution in [0.3, 0.4) is 0 Å². The Labute approximate surface area is 168 Å². The highest BCUT2D eigenvalue weighted by Crippen LogP contribution is 2.32. The van der Waals surface area contributed by atoms with Crippen LogP contribution in [0.4, 0.5) is 0 Å². The van der Waals surface area contributed by atoms with Crippen molar-refractivity contribution in [2.75, 3.05) is 40.3 Å². The van der Waals surface area contributed by atoms with Crippen LogP contribution >= 0.6 is 22.7 Å². The Morgan fingerprint density at radius 3 is 2.11 bits per heavy atom. The van der Waals surface area contributed by atoms with Gasteiger partial charge in [-0.2, -0.15) is 0 Å². The van der Waals surface area contributed by atoms with Crippen LogP contribution in [0.1, 0.15) is 16.2 Å². The number of nitrogens with zero attached hydrogens (tertiary/aromatic N) is 2. The van der Waals surface area contributed by atoms with Gasteiger partial charge in [-0.3, -0.25) is 9.69 Å². The maximum Gasteiger partial charge on any atom is 0.187 e. The molecule has 0 aliphatic carbocycles. The molecule has 0 radical (unpaired) electrons. The van der Waals surface area contributed by atoms with Gasteiger partial charge in [0.25, 0.3) is 0 Å². The summed E-state index contributed by atoms with van der Waals surface area (Å²) in [6.07, 6.45) is 5.28. The fourth-order valence-electron chi connectivity index (χ4n) is 3.79.